The molecule has 2 heterocycles. The van der Waals surface area contributed by atoms with Crippen LogP contribution in [0.3, 0.4) is 0 Å². The van der Waals surface area contributed by atoms with Gasteiger partial charge in [0.15, 0.2) is 0 Å². The summed E-state index contributed by atoms with van der Waals surface area (Å²) in [7, 11) is 0. The predicted molar refractivity (Wildman–Crippen MR) is 58.7 cm³/mol. The number of rotatable bonds is 3. The first kappa shape index (κ1) is 11.0. The van der Waals surface area contributed by atoms with E-state index >= 15 is 0 Å². The van der Waals surface area contributed by atoms with E-state index in [1.54, 1.807) is 12.4 Å². The van der Waals surface area contributed by atoms with Gasteiger partial charge < -0.3 is 11.1 Å². The molecule has 0 radical (unpaired) electrons. The second-order valence-electron chi connectivity index (χ2n) is 3.37. The van der Waals surface area contributed by atoms with Gasteiger partial charge in [0, 0.05) is 6.20 Å². The largest absolute Gasteiger partial charge is 0.366 e. The second-order valence-corrected chi connectivity index (χ2v) is 3.37. The molecule has 0 bridgehead atoms. The van der Waals surface area contributed by atoms with E-state index in [1.807, 2.05) is 6.92 Å². The highest BCUT2D eigenvalue weighted by molar-refractivity contribution is 5.90. The molecule has 4 N–H and O–H groups in total. The third kappa shape index (κ3) is 2.74. The standard InChI is InChI=1S/C9H11N7O/c1-5-2-12-6(3-11-5)4-13-8(17)7-14-9(10)16-15-7/h2-3H,4H2,1H3,(H,13,17)(H3,10,14,15,16). The van der Waals surface area contributed by atoms with Gasteiger partial charge in [-0.05, 0) is 6.92 Å². The molecular formula is C9H11N7O. The summed E-state index contributed by atoms with van der Waals surface area (Å²) in [5.41, 5.74) is 6.77. The zero-order valence-electron chi connectivity index (χ0n) is 9.14. The third-order valence-corrected chi connectivity index (χ3v) is 1.98. The van der Waals surface area contributed by atoms with Gasteiger partial charge in [0.25, 0.3) is 5.91 Å². The normalized spacial score (nSPS) is 10.2. The van der Waals surface area contributed by atoms with Crippen LogP contribution in [0.5, 0.6) is 0 Å². The molecule has 2 aromatic heterocycles. The van der Waals surface area contributed by atoms with Crippen LogP contribution >= 0.6 is 0 Å². The number of nitrogens with zero attached hydrogens (tertiary/aromatic N) is 4. The molecule has 0 aliphatic rings. The summed E-state index contributed by atoms with van der Waals surface area (Å²) in [6, 6.07) is 0. The quantitative estimate of drug-likeness (QED) is 0.651. The third-order valence-electron chi connectivity index (χ3n) is 1.98. The molecule has 0 saturated heterocycles. The molecule has 2 aromatic rings. The summed E-state index contributed by atoms with van der Waals surface area (Å²) in [5, 5.41) is 8.59. The van der Waals surface area contributed by atoms with Crippen LogP contribution in [0.1, 0.15) is 22.0 Å². The maximum absolute atomic E-state index is 11.5. The highest BCUT2D eigenvalue weighted by Gasteiger charge is 2.10. The lowest BCUT2D eigenvalue weighted by molar-refractivity contribution is 0.0940. The molecule has 88 valence electrons. The van der Waals surface area contributed by atoms with Crippen molar-refractivity contribution in [1.82, 2.24) is 30.5 Å². The zero-order chi connectivity index (χ0) is 12.3. The van der Waals surface area contributed by atoms with Crippen molar-refractivity contribution in [2.75, 3.05) is 5.73 Å². The Morgan fingerprint density at radius 2 is 2.29 bits per heavy atom. The molecule has 0 fully saturated rings. The van der Waals surface area contributed by atoms with Gasteiger partial charge in [-0.1, -0.05) is 0 Å². The number of hydrogen-bond donors (Lipinski definition) is 3. The molecule has 0 aliphatic carbocycles. The highest BCUT2D eigenvalue weighted by atomic mass is 16.2. The Labute approximate surface area is 96.7 Å². The number of nitrogens with one attached hydrogen (secondary N) is 2. The Morgan fingerprint density at radius 3 is 2.88 bits per heavy atom. The van der Waals surface area contributed by atoms with Crippen LogP contribution in [0.25, 0.3) is 0 Å². The van der Waals surface area contributed by atoms with E-state index in [0.29, 0.717) is 5.69 Å². The van der Waals surface area contributed by atoms with Gasteiger partial charge in [-0.2, -0.15) is 4.98 Å². The average molecular weight is 233 g/mol. The minimum absolute atomic E-state index is 0.0327. The van der Waals surface area contributed by atoms with Crippen LogP contribution in [0.4, 0.5) is 5.95 Å². The molecule has 17 heavy (non-hydrogen) atoms. The molecule has 0 aromatic carbocycles. The first-order valence-corrected chi connectivity index (χ1v) is 4.89. The van der Waals surface area contributed by atoms with Crippen molar-refractivity contribution in [3.05, 3.63) is 29.6 Å². The minimum atomic E-state index is -0.392. The van der Waals surface area contributed by atoms with E-state index in [-0.39, 0.29) is 18.3 Å². The summed E-state index contributed by atoms with van der Waals surface area (Å²) in [6.07, 6.45) is 3.23. The predicted octanol–water partition coefficient (Wildman–Crippen LogP) is -0.585. The monoisotopic (exact) mass is 233 g/mol. The molecule has 0 atom stereocenters. The maximum Gasteiger partial charge on any atom is 0.288 e. The van der Waals surface area contributed by atoms with Crippen molar-refractivity contribution in [3.63, 3.8) is 0 Å². The summed E-state index contributed by atoms with van der Waals surface area (Å²) in [6.45, 7) is 2.11. The first-order valence-electron chi connectivity index (χ1n) is 4.89. The Bertz CT molecular complexity index is 518. The first-order chi connectivity index (χ1) is 8.15. The van der Waals surface area contributed by atoms with Gasteiger partial charge in [-0.25, -0.2) is 0 Å². The Morgan fingerprint density at radius 1 is 1.47 bits per heavy atom. The lowest BCUT2D eigenvalue weighted by Gasteiger charge is -2.01. The van der Waals surface area contributed by atoms with Crippen LogP contribution in [0.2, 0.25) is 0 Å². The van der Waals surface area contributed by atoms with E-state index in [9.17, 15) is 4.79 Å². The van der Waals surface area contributed by atoms with Crippen molar-refractivity contribution in [3.8, 4) is 0 Å². The SMILES string of the molecule is Cc1cnc(CNC(=O)c2nc(N)n[nH]2)cn1. The van der Waals surface area contributed by atoms with Gasteiger partial charge in [0.05, 0.1) is 24.1 Å². The number of amides is 1. The van der Waals surface area contributed by atoms with Gasteiger partial charge >= 0.3 is 0 Å². The van der Waals surface area contributed by atoms with E-state index in [2.05, 4.69) is 30.5 Å². The summed E-state index contributed by atoms with van der Waals surface area (Å²) in [5.74, 6) is -0.288. The Hall–Kier alpha value is -2.51. The number of aromatic amines is 1. The summed E-state index contributed by atoms with van der Waals surface area (Å²) in [4.78, 5) is 23.4. The van der Waals surface area contributed by atoms with E-state index in [0.717, 1.165) is 5.69 Å². The van der Waals surface area contributed by atoms with E-state index < -0.39 is 5.91 Å². The van der Waals surface area contributed by atoms with Crippen LogP contribution in [-0.2, 0) is 6.54 Å². The molecule has 0 spiro atoms. The van der Waals surface area contributed by atoms with Crippen LogP contribution in [0, 0.1) is 6.92 Å². The van der Waals surface area contributed by atoms with E-state index in [1.165, 1.54) is 0 Å². The van der Waals surface area contributed by atoms with Crippen LogP contribution in [-0.4, -0.2) is 31.1 Å². The molecule has 0 unspecified atom stereocenters. The zero-order valence-corrected chi connectivity index (χ0v) is 9.14. The Kier molecular flexibility index (Phi) is 2.95. The molecule has 1 amide bonds. The summed E-state index contributed by atoms with van der Waals surface area (Å²) < 4.78 is 0. The molecule has 0 aliphatic heterocycles. The van der Waals surface area contributed by atoms with Gasteiger partial charge in [0.2, 0.25) is 11.8 Å². The maximum atomic E-state index is 11.5. The topological polar surface area (TPSA) is 122 Å². The lowest BCUT2D eigenvalue weighted by atomic mass is 10.4. The number of aryl methyl sites for hydroxylation is 1. The lowest BCUT2D eigenvalue weighted by Crippen LogP contribution is -2.24. The molecular weight excluding hydrogens is 222 g/mol. The molecule has 2 rings (SSSR count). The fraction of sp³-hybridized carbons (Fsp3) is 0.222. The van der Waals surface area contributed by atoms with Gasteiger partial charge in [-0.3, -0.25) is 19.9 Å². The number of hydrogen-bond acceptors (Lipinski definition) is 6. The van der Waals surface area contributed by atoms with Crippen molar-refractivity contribution >= 4 is 11.9 Å². The molecule has 8 nitrogen and oxygen atoms in total. The fourth-order valence-corrected chi connectivity index (χ4v) is 1.14. The number of carbonyl (C=O) groups excluding carboxylic acids is 1. The number of anilines is 1. The van der Waals surface area contributed by atoms with Crippen molar-refractivity contribution in [2.45, 2.75) is 13.5 Å². The number of nitrogen functional groups attached to an aromatic ring is 1. The Balaban J connectivity index is 1.94. The van der Waals surface area contributed by atoms with Crippen molar-refractivity contribution in [1.29, 1.82) is 0 Å². The van der Waals surface area contributed by atoms with Crippen LogP contribution in [0.15, 0.2) is 12.4 Å². The van der Waals surface area contributed by atoms with Crippen molar-refractivity contribution in [2.24, 2.45) is 0 Å². The number of H-pyrrole nitrogens is 1. The number of nitrogens with two attached hydrogens (primary N) is 1. The van der Waals surface area contributed by atoms with Gasteiger partial charge in [0.1, 0.15) is 0 Å². The van der Waals surface area contributed by atoms with Gasteiger partial charge in [-0.15, -0.1) is 5.10 Å². The highest BCUT2D eigenvalue weighted by Crippen LogP contribution is 1.96. The molecule has 8 heteroatoms. The van der Waals surface area contributed by atoms with Crippen molar-refractivity contribution < 1.29 is 4.79 Å². The fourth-order valence-electron chi connectivity index (χ4n) is 1.14. The smallest absolute Gasteiger partial charge is 0.288 e. The molecule has 0 saturated carbocycles. The number of aromatic nitrogens is 5. The second kappa shape index (κ2) is 4.56. The minimum Gasteiger partial charge on any atom is -0.366 e. The summed E-state index contributed by atoms with van der Waals surface area (Å²) >= 11 is 0. The average Bonchev–Trinajstić information content (AvgIpc) is 2.75. The van der Waals surface area contributed by atoms with Crippen LogP contribution < -0.4 is 11.1 Å². The number of carbonyl (C=O) groups is 1. The van der Waals surface area contributed by atoms with E-state index in [4.69, 9.17) is 5.73 Å².